The minimum atomic E-state index is -0.492. The van der Waals surface area contributed by atoms with Crippen molar-refractivity contribution in [2.75, 3.05) is 5.32 Å². The van der Waals surface area contributed by atoms with Crippen molar-refractivity contribution in [1.29, 1.82) is 0 Å². The zero-order valence-corrected chi connectivity index (χ0v) is 14.8. The summed E-state index contributed by atoms with van der Waals surface area (Å²) in [6, 6.07) is 18.3. The van der Waals surface area contributed by atoms with E-state index in [0.29, 0.717) is 17.8 Å². The first kappa shape index (κ1) is 18.8. The zero-order valence-electron chi connectivity index (χ0n) is 14.8. The van der Waals surface area contributed by atoms with Gasteiger partial charge in [0.1, 0.15) is 0 Å². The van der Waals surface area contributed by atoms with Gasteiger partial charge >= 0.3 is 0 Å². The van der Waals surface area contributed by atoms with Crippen LogP contribution in [0.1, 0.15) is 11.1 Å². The molecule has 0 fully saturated rings. The number of nitrogens with zero attached hydrogens (tertiary/aromatic N) is 2. The summed E-state index contributed by atoms with van der Waals surface area (Å²) in [6.07, 6.45) is 4.37. The number of nitro groups is 1. The molecule has 0 atom stereocenters. The number of carbonyl (C=O) groups excluding carboxylic acids is 1. The summed E-state index contributed by atoms with van der Waals surface area (Å²) in [5, 5.41) is 13.7. The minimum Gasteiger partial charge on any atom is -0.323 e. The quantitative estimate of drug-likeness (QED) is 0.406. The van der Waals surface area contributed by atoms with Gasteiger partial charge in [0.25, 0.3) is 11.2 Å². The van der Waals surface area contributed by atoms with E-state index in [9.17, 15) is 19.7 Å². The molecule has 1 aromatic heterocycles. The number of hydrogen-bond acceptors (Lipinski definition) is 4. The molecule has 1 N–H and O–H groups in total. The average Bonchev–Trinajstić information content (AvgIpc) is 2.70. The van der Waals surface area contributed by atoms with Crippen molar-refractivity contribution in [2.24, 2.45) is 0 Å². The molecule has 0 unspecified atom stereocenters. The Balaban J connectivity index is 1.64. The minimum absolute atomic E-state index is 0.0629. The maximum absolute atomic E-state index is 12.1. The topological polar surface area (TPSA) is 94.2 Å². The number of anilines is 1. The van der Waals surface area contributed by atoms with Gasteiger partial charge in [-0.2, -0.15) is 0 Å². The molecule has 140 valence electrons. The van der Waals surface area contributed by atoms with Crippen LogP contribution in [-0.2, 0) is 11.3 Å². The number of hydrogen-bond donors (Lipinski definition) is 1. The van der Waals surface area contributed by atoms with E-state index in [4.69, 9.17) is 0 Å². The second kappa shape index (κ2) is 8.59. The van der Waals surface area contributed by atoms with E-state index in [2.05, 4.69) is 5.32 Å². The summed E-state index contributed by atoms with van der Waals surface area (Å²) in [7, 11) is 0. The Labute approximate surface area is 160 Å². The lowest BCUT2D eigenvalue weighted by Crippen LogP contribution is -2.18. The highest BCUT2D eigenvalue weighted by atomic mass is 16.6. The molecule has 0 aliphatic heterocycles. The van der Waals surface area contributed by atoms with Gasteiger partial charge in [0.15, 0.2) is 0 Å². The fraction of sp³-hybridized carbons (Fsp3) is 0.0476. The zero-order chi connectivity index (χ0) is 19.9. The van der Waals surface area contributed by atoms with Crippen LogP contribution in [0.3, 0.4) is 0 Å². The van der Waals surface area contributed by atoms with E-state index in [1.807, 2.05) is 12.1 Å². The number of rotatable bonds is 6. The first-order chi connectivity index (χ1) is 13.5. The summed E-state index contributed by atoms with van der Waals surface area (Å²) in [5.41, 5.74) is 1.71. The normalized spacial score (nSPS) is 10.7. The second-order valence-corrected chi connectivity index (χ2v) is 6.00. The molecule has 3 rings (SSSR count). The van der Waals surface area contributed by atoms with Crippen LogP contribution in [0.15, 0.2) is 83.8 Å². The molecular weight excluding hydrogens is 358 g/mol. The molecule has 0 radical (unpaired) electrons. The predicted octanol–water partition coefficient (Wildman–Crippen LogP) is 3.46. The lowest BCUT2D eigenvalue weighted by Gasteiger charge is -2.07. The Morgan fingerprint density at radius 1 is 1.04 bits per heavy atom. The van der Waals surface area contributed by atoms with Crippen molar-refractivity contribution in [3.8, 4) is 0 Å². The lowest BCUT2D eigenvalue weighted by atomic mass is 10.1. The third kappa shape index (κ3) is 4.79. The molecule has 0 spiro atoms. The highest BCUT2D eigenvalue weighted by Gasteiger charge is 2.09. The highest BCUT2D eigenvalue weighted by Crippen LogP contribution is 2.19. The van der Waals surface area contributed by atoms with Crippen LogP contribution in [0.25, 0.3) is 6.08 Å². The van der Waals surface area contributed by atoms with Crippen molar-refractivity contribution in [1.82, 2.24) is 4.57 Å². The number of aromatic nitrogens is 1. The number of nitro benzene ring substituents is 1. The number of para-hydroxylation sites is 1. The molecule has 0 saturated carbocycles. The standard InChI is InChI=1S/C21H17N3O4/c25-20(13-10-17-5-1-2-6-19(17)24(27)28)22-18-11-8-16(9-12-18)15-23-14-4-3-7-21(23)26/h1-14H,15H2,(H,22,25). The molecular formula is C21H17N3O4. The fourth-order valence-electron chi connectivity index (χ4n) is 2.63. The molecule has 0 bridgehead atoms. The predicted molar refractivity (Wildman–Crippen MR) is 107 cm³/mol. The van der Waals surface area contributed by atoms with Crippen LogP contribution in [0.4, 0.5) is 11.4 Å². The Morgan fingerprint density at radius 3 is 2.46 bits per heavy atom. The number of carbonyl (C=O) groups is 1. The van der Waals surface area contributed by atoms with E-state index < -0.39 is 10.8 Å². The number of nitrogens with one attached hydrogen (secondary N) is 1. The van der Waals surface area contributed by atoms with Crippen LogP contribution in [-0.4, -0.2) is 15.4 Å². The Hall–Kier alpha value is -4.00. The SMILES string of the molecule is O=C(C=Cc1ccccc1[N+](=O)[O-])Nc1ccc(Cn2ccccc2=O)cc1. The smallest absolute Gasteiger partial charge is 0.276 e. The molecule has 3 aromatic rings. The first-order valence-electron chi connectivity index (χ1n) is 8.50. The maximum atomic E-state index is 12.1. The van der Waals surface area contributed by atoms with Gasteiger partial charge in [-0.05, 0) is 35.9 Å². The van der Waals surface area contributed by atoms with Gasteiger partial charge in [-0.1, -0.05) is 30.3 Å². The van der Waals surface area contributed by atoms with Crippen molar-refractivity contribution in [3.05, 3.63) is 111 Å². The van der Waals surface area contributed by atoms with Gasteiger partial charge in [-0.15, -0.1) is 0 Å². The molecule has 7 nitrogen and oxygen atoms in total. The molecule has 1 amide bonds. The van der Waals surface area contributed by atoms with Crippen LogP contribution in [0.5, 0.6) is 0 Å². The van der Waals surface area contributed by atoms with Gasteiger partial charge in [0, 0.05) is 30.1 Å². The third-order valence-electron chi connectivity index (χ3n) is 4.02. The van der Waals surface area contributed by atoms with E-state index in [-0.39, 0.29) is 11.2 Å². The van der Waals surface area contributed by atoms with E-state index in [0.717, 1.165) is 5.56 Å². The van der Waals surface area contributed by atoms with Gasteiger partial charge < -0.3 is 9.88 Å². The van der Waals surface area contributed by atoms with Gasteiger partial charge in [-0.25, -0.2) is 0 Å². The molecule has 0 saturated heterocycles. The molecule has 28 heavy (non-hydrogen) atoms. The Bertz CT molecular complexity index is 1090. The van der Waals surface area contributed by atoms with Crippen molar-refractivity contribution in [3.63, 3.8) is 0 Å². The molecule has 1 heterocycles. The lowest BCUT2D eigenvalue weighted by molar-refractivity contribution is -0.385. The van der Waals surface area contributed by atoms with Crippen molar-refractivity contribution >= 4 is 23.4 Å². The highest BCUT2D eigenvalue weighted by molar-refractivity contribution is 6.02. The van der Waals surface area contributed by atoms with Crippen molar-refractivity contribution in [2.45, 2.75) is 6.54 Å². The number of pyridine rings is 1. The summed E-state index contributed by atoms with van der Waals surface area (Å²) in [5.74, 6) is -0.398. The Kier molecular flexibility index (Phi) is 5.76. The summed E-state index contributed by atoms with van der Waals surface area (Å²) in [4.78, 5) is 34.3. The maximum Gasteiger partial charge on any atom is 0.276 e. The van der Waals surface area contributed by atoms with E-state index in [1.165, 1.54) is 24.3 Å². The van der Waals surface area contributed by atoms with Crippen LogP contribution >= 0.6 is 0 Å². The van der Waals surface area contributed by atoms with Gasteiger partial charge in [0.2, 0.25) is 5.91 Å². The van der Waals surface area contributed by atoms with E-state index in [1.54, 1.807) is 53.2 Å². The average molecular weight is 375 g/mol. The largest absolute Gasteiger partial charge is 0.323 e. The summed E-state index contributed by atoms with van der Waals surface area (Å²) < 4.78 is 1.59. The van der Waals surface area contributed by atoms with Crippen LogP contribution in [0.2, 0.25) is 0 Å². The molecule has 2 aromatic carbocycles. The number of amides is 1. The van der Waals surface area contributed by atoms with Gasteiger partial charge in [0.05, 0.1) is 17.0 Å². The molecule has 7 heteroatoms. The summed E-state index contributed by atoms with van der Waals surface area (Å²) in [6.45, 7) is 0.436. The van der Waals surface area contributed by atoms with Gasteiger partial charge in [-0.3, -0.25) is 19.7 Å². The van der Waals surface area contributed by atoms with Crippen LogP contribution < -0.4 is 10.9 Å². The molecule has 0 aliphatic carbocycles. The Morgan fingerprint density at radius 2 is 1.75 bits per heavy atom. The molecule has 0 aliphatic rings. The summed E-state index contributed by atoms with van der Waals surface area (Å²) >= 11 is 0. The fourth-order valence-corrected chi connectivity index (χ4v) is 2.63. The van der Waals surface area contributed by atoms with Crippen LogP contribution in [0, 0.1) is 10.1 Å². The third-order valence-corrected chi connectivity index (χ3v) is 4.02. The van der Waals surface area contributed by atoms with Crippen molar-refractivity contribution < 1.29 is 9.72 Å². The number of benzene rings is 2. The first-order valence-corrected chi connectivity index (χ1v) is 8.50. The second-order valence-electron chi connectivity index (χ2n) is 6.00. The monoisotopic (exact) mass is 375 g/mol. The van der Waals surface area contributed by atoms with E-state index >= 15 is 0 Å².